The quantitative estimate of drug-likeness (QED) is 0.803. The van der Waals surface area contributed by atoms with Gasteiger partial charge >= 0.3 is 0 Å². The number of benzene rings is 1. The topological polar surface area (TPSA) is 31.4 Å². The molecule has 0 bridgehead atoms. The lowest BCUT2D eigenvalue weighted by molar-refractivity contribution is 0.110. The van der Waals surface area contributed by atoms with Crippen LogP contribution in [0.4, 0.5) is 5.82 Å². The molecule has 1 saturated heterocycles. The zero-order chi connectivity index (χ0) is 17.1. The standard InChI is InChI=1S/C18H24BrClN4/c1-3-23-6-8-24(9-7-23)13(2)12-21-17-5-4-14-10-15(19)11-16(20)18(14)22-17/h4-5,10-11,13H,3,6-9,12H2,1-2H3,(H,21,22). The van der Waals surface area contributed by atoms with Gasteiger partial charge in [-0.25, -0.2) is 4.98 Å². The molecule has 1 fully saturated rings. The summed E-state index contributed by atoms with van der Waals surface area (Å²) in [7, 11) is 0. The van der Waals surface area contributed by atoms with Crippen molar-refractivity contribution in [3.8, 4) is 0 Å². The van der Waals surface area contributed by atoms with E-state index in [1.54, 1.807) is 0 Å². The normalized spacial score (nSPS) is 18.0. The largest absolute Gasteiger partial charge is 0.368 e. The van der Waals surface area contributed by atoms with E-state index >= 15 is 0 Å². The van der Waals surface area contributed by atoms with Crippen molar-refractivity contribution in [3.63, 3.8) is 0 Å². The minimum atomic E-state index is 0.488. The van der Waals surface area contributed by atoms with Gasteiger partial charge in [-0.15, -0.1) is 0 Å². The molecule has 1 aliphatic rings. The third-order valence-electron chi connectivity index (χ3n) is 4.77. The molecule has 24 heavy (non-hydrogen) atoms. The van der Waals surface area contributed by atoms with E-state index in [-0.39, 0.29) is 0 Å². The Labute approximate surface area is 157 Å². The summed E-state index contributed by atoms with van der Waals surface area (Å²) < 4.78 is 0.974. The summed E-state index contributed by atoms with van der Waals surface area (Å²) >= 11 is 9.78. The number of nitrogens with zero attached hydrogens (tertiary/aromatic N) is 3. The van der Waals surface area contributed by atoms with Gasteiger partial charge in [-0.3, -0.25) is 4.90 Å². The van der Waals surface area contributed by atoms with Crippen molar-refractivity contribution in [1.29, 1.82) is 0 Å². The molecule has 0 saturated carbocycles. The lowest BCUT2D eigenvalue weighted by Gasteiger charge is -2.37. The second-order valence-corrected chi connectivity index (χ2v) is 7.68. The van der Waals surface area contributed by atoms with Gasteiger partial charge in [0.1, 0.15) is 5.82 Å². The van der Waals surface area contributed by atoms with Crippen LogP contribution in [-0.2, 0) is 0 Å². The number of pyridine rings is 1. The van der Waals surface area contributed by atoms with Crippen molar-refractivity contribution >= 4 is 44.3 Å². The van der Waals surface area contributed by atoms with Crippen LogP contribution in [0, 0.1) is 0 Å². The van der Waals surface area contributed by atoms with Crippen molar-refractivity contribution in [2.24, 2.45) is 0 Å². The van der Waals surface area contributed by atoms with E-state index in [0.717, 1.165) is 47.4 Å². The van der Waals surface area contributed by atoms with Gasteiger partial charge in [0.25, 0.3) is 0 Å². The molecule has 0 aliphatic carbocycles. The monoisotopic (exact) mass is 410 g/mol. The second-order valence-electron chi connectivity index (χ2n) is 6.36. The molecule has 1 N–H and O–H groups in total. The summed E-state index contributed by atoms with van der Waals surface area (Å²) in [4.78, 5) is 9.72. The van der Waals surface area contributed by atoms with Gasteiger partial charge in [-0.05, 0) is 37.7 Å². The fraction of sp³-hybridized carbons (Fsp3) is 0.500. The Balaban J connectivity index is 1.61. The van der Waals surface area contributed by atoms with Gasteiger partial charge < -0.3 is 10.2 Å². The summed E-state index contributed by atoms with van der Waals surface area (Å²) in [5.41, 5.74) is 0.842. The first-order valence-electron chi connectivity index (χ1n) is 8.53. The van der Waals surface area contributed by atoms with Crippen LogP contribution in [0.2, 0.25) is 5.02 Å². The number of anilines is 1. The average Bonchev–Trinajstić information content (AvgIpc) is 2.60. The lowest BCUT2D eigenvalue weighted by Crippen LogP contribution is -2.51. The Hall–Kier alpha value is -0.880. The van der Waals surface area contributed by atoms with Crippen molar-refractivity contribution in [2.75, 3.05) is 44.6 Å². The van der Waals surface area contributed by atoms with Crippen LogP contribution in [0.1, 0.15) is 13.8 Å². The molecule has 2 heterocycles. The third kappa shape index (κ3) is 4.20. The summed E-state index contributed by atoms with van der Waals surface area (Å²) in [5.74, 6) is 0.880. The maximum absolute atomic E-state index is 6.31. The number of fused-ring (bicyclic) bond motifs is 1. The average molecular weight is 412 g/mol. The van der Waals surface area contributed by atoms with Crippen molar-refractivity contribution < 1.29 is 0 Å². The summed E-state index contributed by atoms with van der Waals surface area (Å²) in [6, 6.07) is 8.49. The molecule has 0 spiro atoms. The Morgan fingerprint density at radius 3 is 2.71 bits per heavy atom. The highest BCUT2D eigenvalue weighted by molar-refractivity contribution is 9.10. The predicted molar refractivity (Wildman–Crippen MR) is 106 cm³/mol. The smallest absolute Gasteiger partial charge is 0.126 e. The van der Waals surface area contributed by atoms with E-state index < -0.39 is 0 Å². The van der Waals surface area contributed by atoms with Gasteiger partial charge in [0, 0.05) is 48.6 Å². The van der Waals surface area contributed by atoms with E-state index in [1.165, 1.54) is 13.1 Å². The van der Waals surface area contributed by atoms with Gasteiger partial charge in [-0.2, -0.15) is 0 Å². The summed E-state index contributed by atoms with van der Waals surface area (Å²) in [6.07, 6.45) is 0. The molecule has 130 valence electrons. The summed E-state index contributed by atoms with van der Waals surface area (Å²) in [6.45, 7) is 11.2. The fourth-order valence-corrected chi connectivity index (χ4v) is 4.03. The molecule has 0 amide bonds. The molecule has 1 atom stereocenters. The molecular formula is C18H24BrClN4. The fourth-order valence-electron chi connectivity index (χ4n) is 3.16. The number of aromatic nitrogens is 1. The van der Waals surface area contributed by atoms with Crippen LogP contribution in [0.5, 0.6) is 0 Å². The zero-order valence-electron chi connectivity index (χ0n) is 14.2. The number of halogens is 2. The highest BCUT2D eigenvalue weighted by Crippen LogP contribution is 2.27. The van der Waals surface area contributed by atoms with Gasteiger partial charge in [0.2, 0.25) is 0 Å². The lowest BCUT2D eigenvalue weighted by atomic mass is 10.2. The van der Waals surface area contributed by atoms with Crippen LogP contribution in [0.25, 0.3) is 10.9 Å². The van der Waals surface area contributed by atoms with E-state index in [2.05, 4.69) is 55.9 Å². The molecule has 1 unspecified atom stereocenters. The van der Waals surface area contributed by atoms with Crippen molar-refractivity contribution in [3.05, 3.63) is 33.8 Å². The summed E-state index contributed by atoms with van der Waals surface area (Å²) in [5, 5.41) is 5.18. The highest BCUT2D eigenvalue weighted by Gasteiger charge is 2.20. The van der Waals surface area contributed by atoms with Crippen LogP contribution < -0.4 is 5.32 Å². The second kappa shape index (κ2) is 8.00. The van der Waals surface area contributed by atoms with Gasteiger partial charge in [0.15, 0.2) is 0 Å². The number of hydrogen-bond donors (Lipinski definition) is 1. The zero-order valence-corrected chi connectivity index (χ0v) is 16.6. The number of hydrogen-bond acceptors (Lipinski definition) is 4. The first-order valence-corrected chi connectivity index (χ1v) is 9.70. The number of piperazine rings is 1. The van der Waals surface area contributed by atoms with Crippen LogP contribution in [0.15, 0.2) is 28.7 Å². The molecule has 1 aromatic carbocycles. The maximum atomic E-state index is 6.31. The molecule has 6 heteroatoms. The van der Waals surface area contributed by atoms with Gasteiger partial charge in [-0.1, -0.05) is 34.5 Å². The Bertz CT molecular complexity index is 701. The van der Waals surface area contributed by atoms with Crippen molar-refractivity contribution in [1.82, 2.24) is 14.8 Å². The van der Waals surface area contributed by atoms with Crippen LogP contribution >= 0.6 is 27.5 Å². The molecule has 3 rings (SSSR count). The van der Waals surface area contributed by atoms with Crippen LogP contribution in [0.3, 0.4) is 0 Å². The Morgan fingerprint density at radius 2 is 2.00 bits per heavy atom. The SMILES string of the molecule is CCN1CCN(C(C)CNc2ccc3cc(Br)cc(Cl)c3n2)CC1. The van der Waals surface area contributed by atoms with Crippen LogP contribution in [-0.4, -0.2) is 60.1 Å². The number of nitrogens with one attached hydrogen (secondary N) is 1. The maximum Gasteiger partial charge on any atom is 0.126 e. The van der Waals surface area contributed by atoms with Crippen molar-refractivity contribution in [2.45, 2.75) is 19.9 Å². The molecule has 0 radical (unpaired) electrons. The molecule has 1 aromatic heterocycles. The first-order chi connectivity index (χ1) is 11.6. The van der Waals surface area contributed by atoms with E-state index in [1.807, 2.05) is 18.2 Å². The Morgan fingerprint density at radius 1 is 1.25 bits per heavy atom. The third-order valence-corrected chi connectivity index (χ3v) is 5.51. The number of rotatable bonds is 5. The van der Waals surface area contributed by atoms with E-state index in [0.29, 0.717) is 11.1 Å². The predicted octanol–water partition coefficient (Wildman–Crippen LogP) is 4.09. The highest BCUT2D eigenvalue weighted by atomic mass is 79.9. The molecule has 1 aliphatic heterocycles. The minimum Gasteiger partial charge on any atom is -0.368 e. The molecule has 4 nitrogen and oxygen atoms in total. The Kier molecular flexibility index (Phi) is 5.98. The number of likely N-dealkylation sites (N-methyl/N-ethyl adjacent to an activating group) is 1. The van der Waals surface area contributed by atoms with Gasteiger partial charge in [0.05, 0.1) is 10.5 Å². The van der Waals surface area contributed by atoms with E-state index in [9.17, 15) is 0 Å². The molecule has 2 aromatic rings. The molecular weight excluding hydrogens is 388 g/mol. The van der Waals surface area contributed by atoms with E-state index in [4.69, 9.17) is 11.6 Å². The minimum absolute atomic E-state index is 0.488. The first kappa shape index (κ1) is 17.9.